The Balaban J connectivity index is 1.79. The van der Waals surface area contributed by atoms with Crippen LogP contribution in [0.2, 0.25) is 5.15 Å². The van der Waals surface area contributed by atoms with Crippen LogP contribution < -0.4 is 0 Å². The van der Waals surface area contributed by atoms with Crippen LogP contribution in [0, 0.1) is 0 Å². The van der Waals surface area contributed by atoms with Crippen molar-refractivity contribution < 1.29 is 9.53 Å². The molecule has 0 N–H and O–H groups in total. The van der Waals surface area contributed by atoms with Gasteiger partial charge in [-0.05, 0) is 25.0 Å². The van der Waals surface area contributed by atoms with Gasteiger partial charge in [0.1, 0.15) is 11.8 Å². The topological polar surface area (TPSA) is 42.4 Å². The Morgan fingerprint density at radius 3 is 2.95 bits per heavy atom. The van der Waals surface area contributed by atoms with Crippen molar-refractivity contribution in [3.05, 3.63) is 36.0 Å². The van der Waals surface area contributed by atoms with Crippen LogP contribution in [0.1, 0.15) is 12.8 Å². The molecule has 1 aliphatic rings. The number of ether oxygens (including phenoxy) is 1. The zero-order valence-corrected chi connectivity index (χ0v) is 12.7. The van der Waals surface area contributed by atoms with Crippen LogP contribution in [0.15, 0.2) is 35.9 Å². The minimum Gasteiger partial charge on any atom is -0.445 e. The predicted octanol–water partition coefficient (Wildman–Crippen LogP) is 3.61. The quantitative estimate of drug-likeness (QED) is 0.629. The molecule has 1 aliphatic heterocycles. The van der Waals surface area contributed by atoms with Crippen molar-refractivity contribution >= 4 is 29.5 Å². The van der Waals surface area contributed by atoms with E-state index in [0.717, 1.165) is 17.9 Å². The van der Waals surface area contributed by atoms with Crippen LogP contribution in [0.4, 0.5) is 4.79 Å². The Morgan fingerprint density at radius 1 is 1.55 bits per heavy atom. The number of aromatic nitrogens is 1. The molecule has 1 fully saturated rings. The van der Waals surface area contributed by atoms with Gasteiger partial charge in [-0.2, -0.15) is 0 Å². The number of likely N-dealkylation sites (tertiary alicyclic amines) is 1. The average molecular weight is 313 g/mol. The van der Waals surface area contributed by atoms with Gasteiger partial charge in [-0.15, -0.1) is 11.8 Å². The Hall–Kier alpha value is -1.20. The van der Waals surface area contributed by atoms with Crippen molar-refractivity contribution in [1.82, 2.24) is 9.88 Å². The van der Waals surface area contributed by atoms with Gasteiger partial charge >= 0.3 is 6.09 Å². The third-order valence-electron chi connectivity index (χ3n) is 3.00. The monoisotopic (exact) mass is 312 g/mol. The smallest absolute Gasteiger partial charge is 0.410 e. The number of halogens is 1. The number of amides is 1. The average Bonchev–Trinajstić information content (AvgIpc) is 2.45. The fourth-order valence-corrected chi connectivity index (χ4v) is 3.31. The van der Waals surface area contributed by atoms with Crippen molar-refractivity contribution in [3.8, 4) is 0 Å². The molecule has 0 radical (unpaired) electrons. The molecule has 4 nitrogen and oxygen atoms in total. The number of piperidine rings is 1. The van der Waals surface area contributed by atoms with E-state index < -0.39 is 0 Å². The number of hydrogen-bond acceptors (Lipinski definition) is 4. The van der Waals surface area contributed by atoms with Gasteiger partial charge in [-0.3, -0.25) is 0 Å². The fourth-order valence-electron chi connectivity index (χ4n) is 2.00. The maximum Gasteiger partial charge on any atom is 0.410 e. The molecule has 2 heterocycles. The fraction of sp³-hybridized carbons (Fsp3) is 0.429. The van der Waals surface area contributed by atoms with Crippen molar-refractivity contribution in [2.75, 3.05) is 19.7 Å². The highest BCUT2D eigenvalue weighted by Gasteiger charge is 2.24. The lowest BCUT2D eigenvalue weighted by Gasteiger charge is -2.30. The lowest BCUT2D eigenvalue weighted by atomic mass is 10.1. The highest BCUT2D eigenvalue weighted by molar-refractivity contribution is 7.99. The summed E-state index contributed by atoms with van der Waals surface area (Å²) in [6, 6.07) is 5.63. The van der Waals surface area contributed by atoms with Gasteiger partial charge in [0.2, 0.25) is 0 Å². The second-order valence-corrected chi connectivity index (χ2v) is 6.18. The zero-order valence-electron chi connectivity index (χ0n) is 11.1. The number of carbonyl (C=O) groups excluding carboxylic acids is 1. The molecule has 0 saturated carbocycles. The van der Waals surface area contributed by atoms with Crippen LogP contribution in [0.5, 0.6) is 0 Å². The summed E-state index contributed by atoms with van der Waals surface area (Å²) in [5, 5.41) is 1.91. The van der Waals surface area contributed by atoms with Crippen LogP contribution in [0.3, 0.4) is 0 Å². The number of pyridine rings is 1. The molecule has 6 heteroatoms. The van der Waals surface area contributed by atoms with Crippen LogP contribution in [-0.2, 0) is 4.74 Å². The molecule has 20 heavy (non-hydrogen) atoms. The first-order valence-electron chi connectivity index (χ1n) is 6.51. The van der Waals surface area contributed by atoms with E-state index in [9.17, 15) is 4.79 Å². The first-order valence-corrected chi connectivity index (χ1v) is 7.76. The number of rotatable bonds is 4. The van der Waals surface area contributed by atoms with Crippen LogP contribution >= 0.6 is 23.4 Å². The number of nitrogens with zero attached hydrogens (tertiary/aromatic N) is 2. The third kappa shape index (κ3) is 4.42. The van der Waals surface area contributed by atoms with Crippen molar-refractivity contribution in [2.45, 2.75) is 23.1 Å². The second kappa shape index (κ2) is 7.55. The molecule has 0 aromatic carbocycles. The van der Waals surface area contributed by atoms with Gasteiger partial charge in [0, 0.05) is 18.3 Å². The van der Waals surface area contributed by atoms with Gasteiger partial charge in [-0.1, -0.05) is 30.3 Å². The molecule has 0 bridgehead atoms. The molecule has 0 aliphatic carbocycles. The number of thioether (sulfide) groups is 1. The van der Waals surface area contributed by atoms with E-state index in [4.69, 9.17) is 16.3 Å². The largest absolute Gasteiger partial charge is 0.445 e. The molecular weight excluding hydrogens is 296 g/mol. The molecule has 1 amide bonds. The Labute approximate surface area is 128 Å². The number of carbonyl (C=O) groups is 1. The van der Waals surface area contributed by atoms with Crippen molar-refractivity contribution in [1.29, 1.82) is 0 Å². The van der Waals surface area contributed by atoms with E-state index in [0.29, 0.717) is 23.5 Å². The van der Waals surface area contributed by atoms with Gasteiger partial charge in [0.15, 0.2) is 0 Å². The summed E-state index contributed by atoms with van der Waals surface area (Å²) in [5.41, 5.74) is 0. The first kappa shape index (κ1) is 15.2. The predicted molar refractivity (Wildman–Crippen MR) is 81.2 cm³/mol. The standard InChI is InChI=1S/C14H17ClN2O2S/c1-2-10-19-14(18)17-8-6-11(7-9-17)20-13-5-3-4-12(15)16-13/h2-5,11H,1,6-10H2. The first-order chi connectivity index (χ1) is 9.69. The summed E-state index contributed by atoms with van der Waals surface area (Å²) < 4.78 is 5.03. The summed E-state index contributed by atoms with van der Waals surface area (Å²) in [5.74, 6) is 0. The SMILES string of the molecule is C=CCOC(=O)N1CCC(Sc2cccc(Cl)n2)CC1. The zero-order chi connectivity index (χ0) is 14.4. The summed E-state index contributed by atoms with van der Waals surface area (Å²) in [6.45, 7) is 5.22. The van der Waals surface area contributed by atoms with Gasteiger partial charge in [0.05, 0.1) is 5.03 Å². The van der Waals surface area contributed by atoms with Gasteiger partial charge in [-0.25, -0.2) is 9.78 Å². The van der Waals surface area contributed by atoms with Gasteiger partial charge < -0.3 is 9.64 Å². The molecule has 0 atom stereocenters. The molecule has 108 valence electrons. The maximum absolute atomic E-state index is 11.7. The summed E-state index contributed by atoms with van der Waals surface area (Å²) in [7, 11) is 0. The van der Waals surface area contributed by atoms with E-state index in [1.54, 1.807) is 28.8 Å². The normalized spacial score (nSPS) is 15.9. The third-order valence-corrected chi connectivity index (χ3v) is 4.49. The van der Waals surface area contributed by atoms with Crippen molar-refractivity contribution in [2.24, 2.45) is 0 Å². The molecule has 1 saturated heterocycles. The van der Waals surface area contributed by atoms with E-state index in [1.807, 2.05) is 12.1 Å². The van der Waals surface area contributed by atoms with Gasteiger partial charge in [0.25, 0.3) is 0 Å². The maximum atomic E-state index is 11.7. The molecular formula is C14H17ClN2O2S. The summed E-state index contributed by atoms with van der Waals surface area (Å²) in [4.78, 5) is 17.7. The Morgan fingerprint density at radius 2 is 2.30 bits per heavy atom. The lowest BCUT2D eigenvalue weighted by Crippen LogP contribution is -2.39. The number of hydrogen-bond donors (Lipinski definition) is 0. The lowest BCUT2D eigenvalue weighted by molar-refractivity contribution is 0.105. The summed E-state index contributed by atoms with van der Waals surface area (Å²) >= 11 is 7.59. The minimum absolute atomic E-state index is 0.255. The molecule has 0 unspecified atom stereocenters. The minimum atomic E-state index is -0.255. The highest BCUT2D eigenvalue weighted by atomic mass is 35.5. The van der Waals surface area contributed by atoms with E-state index in [2.05, 4.69) is 11.6 Å². The summed E-state index contributed by atoms with van der Waals surface area (Å²) in [6.07, 6.45) is 3.18. The van der Waals surface area contributed by atoms with Crippen LogP contribution in [-0.4, -0.2) is 40.9 Å². The Kier molecular flexibility index (Phi) is 5.73. The van der Waals surface area contributed by atoms with E-state index in [-0.39, 0.29) is 12.7 Å². The molecule has 2 rings (SSSR count). The van der Waals surface area contributed by atoms with E-state index >= 15 is 0 Å². The molecule has 0 spiro atoms. The highest BCUT2D eigenvalue weighted by Crippen LogP contribution is 2.29. The molecule has 1 aromatic rings. The van der Waals surface area contributed by atoms with Crippen LogP contribution in [0.25, 0.3) is 0 Å². The molecule has 1 aromatic heterocycles. The second-order valence-electron chi connectivity index (χ2n) is 4.47. The van der Waals surface area contributed by atoms with Crippen molar-refractivity contribution in [3.63, 3.8) is 0 Å². The Bertz CT molecular complexity index is 476. The van der Waals surface area contributed by atoms with E-state index in [1.165, 1.54) is 0 Å².